The number of aromatic nitrogens is 2. The third-order valence-electron chi connectivity index (χ3n) is 7.61. The van der Waals surface area contributed by atoms with Gasteiger partial charge < -0.3 is 30.9 Å². The maximum Gasteiger partial charge on any atom is 0.337 e. The number of benzene rings is 3. The lowest BCUT2D eigenvalue weighted by atomic mass is 9.99. The van der Waals surface area contributed by atoms with E-state index in [1.807, 2.05) is 18.2 Å². The molecule has 5 N–H and O–H groups in total. The van der Waals surface area contributed by atoms with E-state index in [0.29, 0.717) is 62.7 Å². The molecule has 10 nitrogen and oxygen atoms in total. The number of nitrogens with two attached hydrogens (primary N) is 1. The number of carboxylic acids is 1. The van der Waals surface area contributed by atoms with Crippen LogP contribution in [0.1, 0.15) is 12.0 Å². The average Bonchev–Trinajstić information content (AvgIpc) is 2.95. The lowest BCUT2D eigenvalue weighted by Crippen LogP contribution is -2.37. The van der Waals surface area contributed by atoms with Crippen molar-refractivity contribution in [3.05, 3.63) is 53.4 Å². The number of aliphatic carboxylic acids is 1. The highest BCUT2D eigenvalue weighted by Crippen LogP contribution is 2.44. The molecule has 1 aromatic heterocycles. The zero-order valence-corrected chi connectivity index (χ0v) is 21.7. The van der Waals surface area contributed by atoms with Gasteiger partial charge in [0.2, 0.25) is 11.0 Å². The molecule has 0 aliphatic carbocycles. The van der Waals surface area contributed by atoms with Crippen LogP contribution in [0.15, 0.2) is 42.0 Å². The summed E-state index contributed by atoms with van der Waals surface area (Å²) < 4.78 is 28.9. The monoisotopic (exact) mass is 543 g/mol. The second-order valence-electron chi connectivity index (χ2n) is 10.3. The quantitative estimate of drug-likeness (QED) is 0.109. The number of anilines is 4. The van der Waals surface area contributed by atoms with Gasteiger partial charge in [0.1, 0.15) is 22.6 Å². The molecular weight excluding hydrogens is 515 g/mol. The Balaban J connectivity index is 1.32. The van der Waals surface area contributed by atoms with Crippen molar-refractivity contribution in [2.24, 2.45) is 0 Å². The van der Waals surface area contributed by atoms with Crippen LogP contribution in [0, 0.1) is 5.82 Å². The van der Waals surface area contributed by atoms with Gasteiger partial charge in [-0.05, 0) is 37.2 Å². The summed E-state index contributed by atoms with van der Waals surface area (Å²) in [5, 5.41) is 16.5. The minimum Gasteiger partial charge on any atom is -0.478 e. The molecule has 3 aliphatic heterocycles. The van der Waals surface area contributed by atoms with E-state index >= 15 is 4.39 Å². The van der Waals surface area contributed by atoms with Crippen LogP contribution in [0.25, 0.3) is 28.3 Å². The van der Waals surface area contributed by atoms with Crippen LogP contribution >= 0.6 is 0 Å². The Bertz CT molecular complexity index is 1730. The van der Waals surface area contributed by atoms with E-state index < -0.39 is 11.8 Å². The van der Waals surface area contributed by atoms with Crippen molar-refractivity contribution in [1.82, 2.24) is 9.88 Å². The van der Waals surface area contributed by atoms with Crippen LogP contribution in [0.4, 0.5) is 27.1 Å². The van der Waals surface area contributed by atoms with Crippen molar-refractivity contribution >= 4 is 57.0 Å². The fraction of sp³-hybridized carbons (Fsp3) is 0.276. The van der Waals surface area contributed by atoms with Gasteiger partial charge in [-0.1, -0.05) is 0 Å². The van der Waals surface area contributed by atoms with Crippen molar-refractivity contribution in [1.29, 1.82) is 0 Å². The summed E-state index contributed by atoms with van der Waals surface area (Å²) in [5.41, 5.74) is 11.4. The van der Waals surface area contributed by atoms with Gasteiger partial charge in [0.25, 0.3) is 0 Å². The van der Waals surface area contributed by atoms with Crippen LogP contribution in [0.2, 0.25) is 0 Å². The third kappa shape index (κ3) is 4.23. The Morgan fingerprint density at radius 2 is 2.00 bits per heavy atom. The molecule has 1 fully saturated rings. The first-order valence-corrected chi connectivity index (χ1v) is 13.3. The van der Waals surface area contributed by atoms with Gasteiger partial charge in [-0.15, -0.1) is 0 Å². The van der Waals surface area contributed by atoms with Crippen molar-refractivity contribution in [2.45, 2.75) is 12.8 Å². The Morgan fingerprint density at radius 3 is 2.83 bits per heavy atom. The topological polar surface area (TPSA) is 126 Å². The van der Waals surface area contributed by atoms with Gasteiger partial charge >= 0.3 is 5.97 Å². The molecule has 4 aromatic rings. The summed E-state index contributed by atoms with van der Waals surface area (Å²) in [6.45, 7) is 4.73. The lowest BCUT2D eigenvalue weighted by Gasteiger charge is -2.26. The molecule has 204 valence electrons. The predicted octanol–water partition coefficient (Wildman–Crippen LogP) is 3.86. The minimum absolute atomic E-state index is 0.100. The molecule has 0 spiro atoms. The predicted molar refractivity (Wildman–Crippen MR) is 150 cm³/mol. The number of nitrogen functional groups attached to an aromatic ring is 1. The summed E-state index contributed by atoms with van der Waals surface area (Å²) in [7, 11) is 0. The number of nitrogens with zero attached hydrogens (tertiary/aromatic N) is 3. The van der Waals surface area contributed by atoms with E-state index in [1.54, 1.807) is 22.9 Å². The molecule has 0 radical (unpaired) electrons. The number of hydrogen-bond acceptors (Lipinski definition) is 8. The Labute approximate surface area is 228 Å². The van der Waals surface area contributed by atoms with Crippen LogP contribution in [-0.2, 0) is 16.0 Å². The lowest BCUT2D eigenvalue weighted by molar-refractivity contribution is -0.511. The smallest absolute Gasteiger partial charge is 0.337 e. The minimum atomic E-state index is -1.05. The van der Waals surface area contributed by atoms with Crippen molar-refractivity contribution < 1.29 is 28.3 Å². The molecule has 0 unspecified atom stereocenters. The van der Waals surface area contributed by atoms with Gasteiger partial charge in [0, 0.05) is 43.4 Å². The average molecular weight is 544 g/mol. The summed E-state index contributed by atoms with van der Waals surface area (Å²) in [6, 6.07) is 10.4. The van der Waals surface area contributed by atoms with E-state index in [9.17, 15) is 9.90 Å². The maximum atomic E-state index is 15.6. The molecule has 3 aromatic carbocycles. The van der Waals surface area contributed by atoms with Crippen LogP contribution in [0.5, 0.6) is 11.5 Å². The highest BCUT2D eigenvalue weighted by Gasteiger charge is 2.32. The zero-order valence-electron chi connectivity index (χ0n) is 21.7. The number of carboxylic acid groups (broad SMARTS) is 1. The van der Waals surface area contributed by atoms with E-state index in [4.69, 9.17) is 20.2 Å². The van der Waals surface area contributed by atoms with Crippen LogP contribution < -0.4 is 25.7 Å². The third-order valence-corrected chi connectivity index (χ3v) is 7.61. The molecule has 0 bridgehead atoms. The van der Waals surface area contributed by atoms with Gasteiger partial charge in [-0.3, -0.25) is 4.90 Å². The number of halogens is 1. The number of hydrogen-bond donors (Lipinski definition) is 4. The van der Waals surface area contributed by atoms with E-state index in [-0.39, 0.29) is 12.0 Å². The van der Waals surface area contributed by atoms with E-state index in [0.717, 1.165) is 45.0 Å². The summed E-state index contributed by atoms with van der Waals surface area (Å²) in [5.74, 6) is -0.365. The Hall–Kier alpha value is -4.48. The van der Waals surface area contributed by atoms with Crippen molar-refractivity contribution in [3.8, 4) is 11.5 Å². The standard InChI is InChI=1S/C29H27FN6O4/c30-19-11-16-10-17(29(37)38)15-36-23-14-25-22(33-20-3-2-18(31)12-24(20)40-25)13-21(23)34-27(28(16)36)26(19)32-4-1-5-35-6-8-39-9-7-35/h2-3,11-15H,1,4-10H2,(H4,31,32,33,34,37,38)/p+1. The summed E-state index contributed by atoms with van der Waals surface area (Å²) >= 11 is 0. The number of rotatable bonds is 6. The molecule has 40 heavy (non-hydrogen) atoms. The summed E-state index contributed by atoms with van der Waals surface area (Å²) in [6.07, 6.45) is 2.53. The molecule has 0 amide bonds. The molecule has 11 heteroatoms. The number of ether oxygens (including phenoxy) is 2. The van der Waals surface area contributed by atoms with Gasteiger partial charge in [0.15, 0.2) is 23.2 Å². The molecule has 0 saturated carbocycles. The largest absolute Gasteiger partial charge is 0.478 e. The Morgan fingerprint density at radius 1 is 1.18 bits per heavy atom. The zero-order chi connectivity index (χ0) is 27.4. The molecule has 3 aliphatic rings. The maximum absolute atomic E-state index is 15.6. The number of fused-ring (bicyclic) bond motifs is 4. The SMILES string of the molecule is Nc1ccc2c(c1)Oc1cc3c(cc1N2)nc1c(NCCCN2CCOCC2)c(F)cc2c1[n+]3C=C(C(=O)O)C2. The van der Waals surface area contributed by atoms with Gasteiger partial charge in [-0.25, -0.2) is 14.2 Å². The van der Waals surface area contributed by atoms with Gasteiger partial charge in [-0.2, -0.15) is 4.57 Å². The highest BCUT2D eigenvalue weighted by molar-refractivity contribution is 5.98. The van der Waals surface area contributed by atoms with Crippen LogP contribution in [0.3, 0.4) is 0 Å². The number of nitrogens with one attached hydrogen (secondary N) is 2. The Kier molecular flexibility index (Phi) is 5.90. The van der Waals surface area contributed by atoms with Gasteiger partial charge in [0.05, 0.1) is 30.7 Å². The molecular formula is C29H28FN6O4+. The highest BCUT2D eigenvalue weighted by atomic mass is 19.1. The fourth-order valence-electron chi connectivity index (χ4n) is 5.62. The molecule has 7 rings (SSSR count). The normalized spacial score (nSPS) is 16.1. The van der Waals surface area contributed by atoms with Crippen LogP contribution in [-0.4, -0.2) is 60.4 Å². The fourth-order valence-corrected chi connectivity index (χ4v) is 5.62. The first-order chi connectivity index (χ1) is 19.4. The van der Waals surface area contributed by atoms with Crippen molar-refractivity contribution in [2.75, 3.05) is 55.8 Å². The van der Waals surface area contributed by atoms with E-state index in [1.165, 1.54) is 6.07 Å². The second-order valence-corrected chi connectivity index (χ2v) is 10.3. The molecule has 0 atom stereocenters. The number of carbonyl (C=O) groups is 1. The van der Waals surface area contributed by atoms with Crippen molar-refractivity contribution in [3.63, 3.8) is 0 Å². The second kappa shape index (κ2) is 9.61. The van der Waals surface area contributed by atoms with E-state index in [2.05, 4.69) is 15.5 Å². The summed E-state index contributed by atoms with van der Waals surface area (Å²) in [4.78, 5) is 19.3. The number of morpholine rings is 1. The first kappa shape index (κ1) is 24.6. The molecule has 1 saturated heterocycles. The molecule has 4 heterocycles. The first-order valence-electron chi connectivity index (χ1n) is 13.3.